The van der Waals surface area contributed by atoms with Crippen LogP contribution in [0.2, 0.25) is 0 Å². The van der Waals surface area contributed by atoms with E-state index >= 15 is 0 Å². The highest BCUT2D eigenvalue weighted by Crippen LogP contribution is 2.32. The third-order valence-corrected chi connectivity index (χ3v) is 3.92. The molecule has 3 nitrogen and oxygen atoms in total. The van der Waals surface area contributed by atoms with Crippen LogP contribution >= 0.6 is 0 Å². The van der Waals surface area contributed by atoms with Gasteiger partial charge in [-0.25, -0.2) is 0 Å². The van der Waals surface area contributed by atoms with Crippen LogP contribution in [0.4, 0.5) is 0 Å². The Hall–Kier alpha value is -1.77. The molecule has 1 aromatic carbocycles. The number of carbonyl (C=O) groups excluding carboxylic acids is 1. The van der Waals surface area contributed by atoms with Crippen LogP contribution in [0.25, 0.3) is 0 Å². The van der Waals surface area contributed by atoms with E-state index in [9.17, 15) is 4.79 Å². The molecule has 0 amide bonds. The molecule has 22 heavy (non-hydrogen) atoms. The number of hydrogen-bond acceptors (Lipinski definition) is 3. The summed E-state index contributed by atoms with van der Waals surface area (Å²) in [7, 11) is 1.66. The summed E-state index contributed by atoms with van der Waals surface area (Å²) in [6.07, 6.45) is 1.88. The van der Waals surface area contributed by atoms with Crippen LogP contribution in [0.15, 0.2) is 23.3 Å². The van der Waals surface area contributed by atoms with Crippen molar-refractivity contribution in [2.75, 3.05) is 7.11 Å². The molecule has 122 valence electrons. The average molecular weight is 304 g/mol. The minimum absolute atomic E-state index is 0.113. The smallest absolute Gasteiger partial charge is 0.161 e. The molecule has 1 rings (SSSR count). The van der Waals surface area contributed by atoms with Crippen molar-refractivity contribution in [3.05, 3.63) is 34.4 Å². The first kappa shape index (κ1) is 18.3. The summed E-state index contributed by atoms with van der Waals surface area (Å²) in [6.45, 7) is 11.6. The van der Waals surface area contributed by atoms with Crippen LogP contribution in [0.5, 0.6) is 11.5 Å². The second kappa shape index (κ2) is 8.02. The highest BCUT2D eigenvalue weighted by molar-refractivity contribution is 5.93. The van der Waals surface area contributed by atoms with E-state index in [-0.39, 0.29) is 11.9 Å². The Balaban J connectivity index is 2.97. The van der Waals surface area contributed by atoms with Crippen molar-refractivity contribution in [3.63, 3.8) is 0 Å². The van der Waals surface area contributed by atoms with Gasteiger partial charge in [-0.05, 0) is 83.2 Å². The minimum Gasteiger partial charge on any atom is -0.493 e. The molecular formula is C19H28O3. The second-order valence-corrected chi connectivity index (χ2v) is 6.06. The monoisotopic (exact) mass is 304 g/mol. The number of ketones is 1. The quantitative estimate of drug-likeness (QED) is 0.688. The van der Waals surface area contributed by atoms with E-state index in [0.717, 1.165) is 35.5 Å². The Morgan fingerprint density at radius 2 is 1.77 bits per heavy atom. The molecule has 0 aliphatic heterocycles. The SMILES string of the molecule is COc1cc(CC/C(C)=C(/C)C(C)=O)c(C)cc1OC(C)C. The average Bonchev–Trinajstić information content (AvgIpc) is 2.44. The topological polar surface area (TPSA) is 35.5 Å². The van der Waals surface area contributed by atoms with Crippen LogP contribution in [-0.4, -0.2) is 19.0 Å². The third kappa shape index (κ3) is 4.90. The Morgan fingerprint density at radius 1 is 1.14 bits per heavy atom. The molecule has 0 unspecified atom stereocenters. The summed E-state index contributed by atoms with van der Waals surface area (Å²) in [5, 5.41) is 0. The summed E-state index contributed by atoms with van der Waals surface area (Å²) in [6, 6.07) is 4.08. The molecule has 0 atom stereocenters. The molecule has 1 aromatic rings. The summed E-state index contributed by atoms with van der Waals surface area (Å²) in [5.41, 5.74) is 4.42. The van der Waals surface area contributed by atoms with Crippen LogP contribution in [0.3, 0.4) is 0 Å². The zero-order chi connectivity index (χ0) is 16.9. The minimum atomic E-state index is 0.113. The number of allylic oxidation sites excluding steroid dienone is 2. The summed E-state index contributed by atoms with van der Waals surface area (Å²) in [5.74, 6) is 1.69. The zero-order valence-corrected chi connectivity index (χ0v) is 14.9. The van der Waals surface area contributed by atoms with Crippen LogP contribution in [-0.2, 0) is 11.2 Å². The van der Waals surface area contributed by atoms with Crippen molar-refractivity contribution in [2.45, 2.75) is 60.5 Å². The Morgan fingerprint density at radius 3 is 2.27 bits per heavy atom. The molecule has 0 spiro atoms. The lowest BCUT2D eigenvalue weighted by Crippen LogP contribution is -2.07. The van der Waals surface area contributed by atoms with Crippen LogP contribution in [0.1, 0.15) is 52.2 Å². The fraction of sp³-hybridized carbons (Fsp3) is 0.526. The van der Waals surface area contributed by atoms with E-state index in [1.807, 2.05) is 39.8 Å². The number of hydrogen-bond donors (Lipinski definition) is 0. The summed E-state index contributed by atoms with van der Waals surface area (Å²) in [4.78, 5) is 11.4. The maximum absolute atomic E-state index is 11.4. The predicted octanol–water partition coefficient (Wildman–Crippen LogP) is 4.65. The molecule has 3 heteroatoms. The van der Waals surface area contributed by atoms with Gasteiger partial charge < -0.3 is 9.47 Å². The number of methoxy groups -OCH3 is 1. The predicted molar refractivity (Wildman–Crippen MR) is 90.9 cm³/mol. The lowest BCUT2D eigenvalue weighted by molar-refractivity contribution is -0.113. The molecule has 0 fully saturated rings. The van der Waals surface area contributed by atoms with Gasteiger partial charge in [0.25, 0.3) is 0 Å². The van der Waals surface area contributed by atoms with Crippen molar-refractivity contribution in [1.29, 1.82) is 0 Å². The number of benzene rings is 1. The Bertz CT molecular complexity index is 568. The molecular weight excluding hydrogens is 276 g/mol. The Labute approximate surface area is 134 Å². The molecule has 0 saturated heterocycles. The summed E-state index contributed by atoms with van der Waals surface area (Å²) >= 11 is 0. The molecule has 0 N–H and O–H groups in total. The molecule has 0 aliphatic rings. The van der Waals surface area contributed by atoms with E-state index in [4.69, 9.17) is 9.47 Å². The molecule has 0 aromatic heterocycles. The number of ether oxygens (including phenoxy) is 2. The highest BCUT2D eigenvalue weighted by Gasteiger charge is 2.11. The van der Waals surface area contributed by atoms with Gasteiger partial charge in [0, 0.05) is 0 Å². The van der Waals surface area contributed by atoms with Crippen molar-refractivity contribution in [1.82, 2.24) is 0 Å². The standard InChI is InChI=1S/C19H28O3/c1-12(2)22-19-10-14(4)17(11-18(19)21-7)9-8-13(3)15(5)16(6)20/h10-12H,8-9H2,1-7H3/b15-13-. The van der Waals surface area contributed by atoms with Gasteiger partial charge >= 0.3 is 0 Å². The first-order valence-corrected chi connectivity index (χ1v) is 7.77. The maximum Gasteiger partial charge on any atom is 0.161 e. The molecule has 0 saturated carbocycles. The molecule has 0 aliphatic carbocycles. The highest BCUT2D eigenvalue weighted by atomic mass is 16.5. The molecule has 0 bridgehead atoms. The van der Waals surface area contributed by atoms with Crippen LogP contribution < -0.4 is 9.47 Å². The number of Topliss-reactive ketones (excluding diaryl/α,β-unsaturated/α-hetero) is 1. The third-order valence-electron chi connectivity index (χ3n) is 3.92. The van der Waals surface area contributed by atoms with E-state index < -0.39 is 0 Å². The van der Waals surface area contributed by atoms with Crippen molar-refractivity contribution in [2.24, 2.45) is 0 Å². The fourth-order valence-electron chi connectivity index (χ4n) is 2.29. The number of rotatable bonds is 7. The normalized spacial score (nSPS) is 12.2. The van der Waals surface area contributed by atoms with Crippen molar-refractivity contribution >= 4 is 5.78 Å². The largest absolute Gasteiger partial charge is 0.493 e. The number of aryl methyl sites for hydroxylation is 2. The van der Waals surface area contributed by atoms with Crippen LogP contribution in [0, 0.1) is 6.92 Å². The lowest BCUT2D eigenvalue weighted by Gasteiger charge is -2.17. The zero-order valence-electron chi connectivity index (χ0n) is 14.9. The van der Waals surface area contributed by atoms with Gasteiger partial charge in [0.2, 0.25) is 0 Å². The Kier molecular flexibility index (Phi) is 6.66. The summed E-state index contributed by atoms with van der Waals surface area (Å²) < 4.78 is 11.2. The maximum atomic E-state index is 11.4. The first-order valence-electron chi connectivity index (χ1n) is 7.77. The van der Waals surface area contributed by atoms with Gasteiger partial charge in [-0.3, -0.25) is 4.79 Å². The van der Waals surface area contributed by atoms with Gasteiger partial charge in [-0.2, -0.15) is 0 Å². The van der Waals surface area contributed by atoms with E-state index in [1.54, 1.807) is 14.0 Å². The molecule has 0 heterocycles. The van der Waals surface area contributed by atoms with Gasteiger partial charge in [0.1, 0.15) is 0 Å². The van der Waals surface area contributed by atoms with Crippen molar-refractivity contribution < 1.29 is 14.3 Å². The van der Waals surface area contributed by atoms with Crippen molar-refractivity contribution in [3.8, 4) is 11.5 Å². The first-order chi connectivity index (χ1) is 10.3. The fourth-order valence-corrected chi connectivity index (χ4v) is 2.29. The van der Waals surface area contributed by atoms with E-state index in [2.05, 4.69) is 6.92 Å². The van der Waals surface area contributed by atoms with Gasteiger partial charge in [-0.1, -0.05) is 5.57 Å². The number of carbonyl (C=O) groups is 1. The van der Waals surface area contributed by atoms with Gasteiger partial charge in [0.05, 0.1) is 13.2 Å². The van der Waals surface area contributed by atoms with E-state index in [1.165, 1.54) is 11.1 Å². The lowest BCUT2D eigenvalue weighted by atomic mass is 9.97. The van der Waals surface area contributed by atoms with Gasteiger partial charge in [-0.15, -0.1) is 0 Å². The second-order valence-electron chi connectivity index (χ2n) is 6.06. The molecule has 0 radical (unpaired) electrons. The van der Waals surface area contributed by atoms with E-state index in [0.29, 0.717) is 0 Å². The van der Waals surface area contributed by atoms with Gasteiger partial charge in [0.15, 0.2) is 17.3 Å².